The van der Waals surface area contributed by atoms with E-state index in [2.05, 4.69) is 15.3 Å². The summed E-state index contributed by atoms with van der Waals surface area (Å²) in [6.07, 6.45) is 5.76. The molecule has 6 rings (SSSR count). The molecule has 2 heterocycles. The van der Waals surface area contributed by atoms with Gasteiger partial charge in [0.25, 0.3) is 5.56 Å². The third-order valence-electron chi connectivity index (χ3n) is 6.12. The number of amides is 1. The van der Waals surface area contributed by atoms with Crippen molar-refractivity contribution in [3.63, 3.8) is 0 Å². The Kier molecular flexibility index (Phi) is 4.67. The van der Waals surface area contributed by atoms with Gasteiger partial charge in [-0.1, -0.05) is 42.1 Å². The first-order valence-electron chi connectivity index (χ1n) is 11.2. The number of hydrogen-bond acceptors (Lipinski definition) is 6. The number of rotatable bonds is 7. The second kappa shape index (κ2) is 7.58. The summed E-state index contributed by atoms with van der Waals surface area (Å²) >= 11 is 1.27. The summed E-state index contributed by atoms with van der Waals surface area (Å²) in [5.74, 6) is 0.820. The SMILES string of the molecule is O=C(NC1CC1)[C@H](Sc1nc(C2CC2)nc2c1c(=O)[nH]c(=O)n2C1CC1)c1ccccc1. The molecule has 8 nitrogen and oxygen atoms in total. The van der Waals surface area contributed by atoms with Gasteiger partial charge < -0.3 is 5.32 Å². The molecule has 2 N–H and O–H groups in total. The zero-order chi connectivity index (χ0) is 21.8. The van der Waals surface area contributed by atoms with Crippen LogP contribution in [0.2, 0.25) is 0 Å². The fraction of sp³-hybridized carbons (Fsp3) is 0.435. The third kappa shape index (κ3) is 3.74. The number of nitrogens with zero attached hydrogens (tertiary/aromatic N) is 3. The van der Waals surface area contributed by atoms with Crippen LogP contribution in [0.5, 0.6) is 0 Å². The maximum Gasteiger partial charge on any atom is 0.330 e. The van der Waals surface area contributed by atoms with E-state index in [9.17, 15) is 14.4 Å². The highest BCUT2D eigenvalue weighted by Gasteiger charge is 2.34. The number of hydrogen-bond donors (Lipinski definition) is 2. The predicted molar refractivity (Wildman–Crippen MR) is 121 cm³/mol. The molecule has 3 aromatic rings. The van der Waals surface area contributed by atoms with E-state index in [-0.39, 0.29) is 23.9 Å². The molecular weight excluding hydrogens is 426 g/mol. The van der Waals surface area contributed by atoms with Crippen molar-refractivity contribution in [1.29, 1.82) is 0 Å². The van der Waals surface area contributed by atoms with Crippen LogP contribution in [-0.2, 0) is 4.79 Å². The van der Waals surface area contributed by atoms with Crippen LogP contribution in [-0.4, -0.2) is 31.5 Å². The Morgan fingerprint density at radius 3 is 2.47 bits per heavy atom. The lowest BCUT2D eigenvalue weighted by molar-refractivity contribution is -0.120. The van der Waals surface area contributed by atoms with E-state index < -0.39 is 16.5 Å². The van der Waals surface area contributed by atoms with Crippen molar-refractivity contribution in [2.75, 3.05) is 0 Å². The van der Waals surface area contributed by atoms with Gasteiger partial charge in [0.05, 0.1) is 0 Å². The van der Waals surface area contributed by atoms with Crippen molar-refractivity contribution in [2.45, 2.75) is 66.8 Å². The van der Waals surface area contributed by atoms with E-state index in [0.717, 1.165) is 44.1 Å². The molecule has 9 heteroatoms. The molecule has 0 saturated heterocycles. The van der Waals surface area contributed by atoms with E-state index in [0.29, 0.717) is 21.9 Å². The smallest absolute Gasteiger partial charge is 0.330 e. The van der Waals surface area contributed by atoms with Gasteiger partial charge in [-0.25, -0.2) is 14.8 Å². The Balaban J connectivity index is 1.50. The van der Waals surface area contributed by atoms with Crippen LogP contribution in [0.4, 0.5) is 0 Å². The van der Waals surface area contributed by atoms with Crippen LogP contribution in [0, 0.1) is 0 Å². The Hall–Kier alpha value is -2.94. The first-order chi connectivity index (χ1) is 15.6. The summed E-state index contributed by atoms with van der Waals surface area (Å²) in [7, 11) is 0. The van der Waals surface area contributed by atoms with Crippen molar-refractivity contribution in [3.05, 3.63) is 62.6 Å². The van der Waals surface area contributed by atoms with Gasteiger partial charge in [-0.3, -0.25) is 19.1 Å². The monoisotopic (exact) mass is 449 g/mol. The highest BCUT2D eigenvalue weighted by atomic mass is 32.2. The summed E-state index contributed by atoms with van der Waals surface area (Å²) in [5.41, 5.74) is 0.325. The minimum atomic E-state index is -0.553. The molecule has 3 aliphatic rings. The maximum absolute atomic E-state index is 13.2. The van der Waals surface area contributed by atoms with Crippen LogP contribution >= 0.6 is 11.8 Å². The van der Waals surface area contributed by atoms with Crippen molar-refractivity contribution in [3.8, 4) is 0 Å². The zero-order valence-electron chi connectivity index (χ0n) is 17.4. The fourth-order valence-corrected chi connectivity index (χ4v) is 5.07. The maximum atomic E-state index is 13.2. The molecule has 2 aromatic heterocycles. The predicted octanol–water partition coefficient (Wildman–Crippen LogP) is 2.80. The lowest BCUT2D eigenvalue weighted by Crippen LogP contribution is -2.32. The van der Waals surface area contributed by atoms with Crippen molar-refractivity contribution >= 4 is 28.7 Å². The Morgan fingerprint density at radius 1 is 1.06 bits per heavy atom. The van der Waals surface area contributed by atoms with Crippen molar-refractivity contribution in [2.24, 2.45) is 0 Å². The molecule has 0 spiro atoms. The third-order valence-corrected chi connectivity index (χ3v) is 7.36. The number of thioether (sulfide) groups is 1. The molecule has 3 fully saturated rings. The molecule has 3 saturated carbocycles. The Bertz CT molecular complexity index is 1320. The van der Waals surface area contributed by atoms with E-state index >= 15 is 0 Å². The lowest BCUT2D eigenvalue weighted by Gasteiger charge is -2.18. The molecule has 1 atom stereocenters. The summed E-state index contributed by atoms with van der Waals surface area (Å²) in [5, 5.41) is 3.30. The number of aromatic amines is 1. The standard InChI is InChI=1S/C23H23N5O3S/c29-20-16-19(28(15-10-11-15)23(31)27-20)25-18(13-6-7-13)26-22(16)32-17(12-4-2-1-3-5-12)21(30)24-14-8-9-14/h1-5,13-15,17H,6-11H2,(H,24,30)(H,27,29,31)/t17-/m1/s1. The second-order valence-electron chi connectivity index (χ2n) is 8.91. The second-order valence-corrected chi connectivity index (χ2v) is 10.0. The largest absolute Gasteiger partial charge is 0.352 e. The van der Waals surface area contributed by atoms with Gasteiger partial charge >= 0.3 is 5.69 Å². The normalized spacial score (nSPS) is 19.1. The average molecular weight is 450 g/mol. The number of aromatic nitrogens is 4. The van der Waals surface area contributed by atoms with Crippen LogP contribution in [0.1, 0.15) is 67.1 Å². The van der Waals surface area contributed by atoms with E-state index in [1.807, 2.05) is 30.3 Å². The first-order valence-corrected chi connectivity index (χ1v) is 12.0. The Morgan fingerprint density at radius 2 is 1.81 bits per heavy atom. The number of fused-ring (bicyclic) bond motifs is 1. The van der Waals surface area contributed by atoms with E-state index in [4.69, 9.17) is 4.98 Å². The molecule has 3 aliphatic carbocycles. The lowest BCUT2D eigenvalue weighted by atomic mass is 10.1. The van der Waals surface area contributed by atoms with Gasteiger partial charge in [-0.2, -0.15) is 0 Å². The molecule has 0 radical (unpaired) electrons. The van der Waals surface area contributed by atoms with Crippen LogP contribution < -0.4 is 16.6 Å². The molecule has 1 amide bonds. The zero-order valence-corrected chi connectivity index (χ0v) is 18.2. The summed E-state index contributed by atoms with van der Waals surface area (Å²) in [4.78, 5) is 50.6. The van der Waals surface area contributed by atoms with Crippen LogP contribution in [0.25, 0.3) is 11.0 Å². The molecule has 0 unspecified atom stereocenters. The molecular formula is C23H23N5O3S. The Labute approximate surface area is 187 Å². The number of H-pyrrole nitrogens is 1. The topological polar surface area (TPSA) is 110 Å². The molecule has 0 aliphatic heterocycles. The van der Waals surface area contributed by atoms with E-state index in [1.165, 1.54) is 11.8 Å². The van der Waals surface area contributed by atoms with E-state index in [1.54, 1.807) is 4.57 Å². The quantitative estimate of drug-likeness (QED) is 0.424. The summed E-state index contributed by atoms with van der Waals surface area (Å²) in [6, 6.07) is 9.83. The van der Waals surface area contributed by atoms with Crippen LogP contribution in [0.15, 0.2) is 44.9 Å². The number of carbonyl (C=O) groups is 1. The van der Waals surface area contributed by atoms with Gasteiger partial charge in [0.15, 0.2) is 5.65 Å². The van der Waals surface area contributed by atoms with Crippen LogP contribution in [0.3, 0.4) is 0 Å². The average Bonchev–Trinajstić information content (AvgIpc) is 3.61. The fourth-order valence-electron chi connectivity index (χ4n) is 3.93. The van der Waals surface area contributed by atoms with Gasteiger partial charge in [0.1, 0.15) is 21.5 Å². The van der Waals surface area contributed by atoms with Crippen molar-refractivity contribution < 1.29 is 4.79 Å². The highest BCUT2D eigenvalue weighted by Crippen LogP contribution is 2.43. The minimum Gasteiger partial charge on any atom is -0.352 e. The first kappa shape index (κ1) is 19.7. The molecule has 1 aromatic carbocycles. The number of nitrogens with one attached hydrogen (secondary N) is 2. The van der Waals surface area contributed by atoms with Gasteiger partial charge in [0, 0.05) is 18.0 Å². The van der Waals surface area contributed by atoms with Crippen molar-refractivity contribution in [1.82, 2.24) is 24.8 Å². The summed E-state index contributed by atoms with van der Waals surface area (Å²) < 4.78 is 1.61. The molecule has 0 bridgehead atoms. The molecule has 32 heavy (non-hydrogen) atoms. The number of benzene rings is 1. The van der Waals surface area contributed by atoms with Gasteiger partial charge in [0.2, 0.25) is 5.91 Å². The minimum absolute atomic E-state index is 0.0599. The number of carbonyl (C=O) groups excluding carboxylic acids is 1. The molecule has 164 valence electrons. The summed E-state index contributed by atoms with van der Waals surface area (Å²) in [6.45, 7) is 0. The highest BCUT2D eigenvalue weighted by molar-refractivity contribution is 8.00. The van der Waals surface area contributed by atoms with Gasteiger partial charge in [-0.05, 0) is 44.1 Å². The van der Waals surface area contributed by atoms with Gasteiger partial charge in [-0.15, -0.1) is 0 Å².